The van der Waals surface area contributed by atoms with E-state index in [9.17, 15) is 0 Å². The van der Waals surface area contributed by atoms with Crippen LogP contribution in [0, 0.1) is 0 Å². The van der Waals surface area contributed by atoms with E-state index in [1.807, 2.05) is 6.08 Å². The Hall–Kier alpha value is -0.595. The molecule has 1 heterocycles. The quantitative estimate of drug-likeness (QED) is 0.476. The van der Waals surface area contributed by atoms with Crippen molar-refractivity contribution in [2.24, 2.45) is 4.99 Å². The molecule has 0 fully saturated rings. The molecule has 1 aliphatic heterocycles. The predicted molar refractivity (Wildman–Crippen MR) is 59.5 cm³/mol. The molecule has 0 aromatic rings. The van der Waals surface area contributed by atoms with E-state index in [2.05, 4.69) is 26.0 Å². The minimum Gasteiger partial charge on any atom is -0.373 e. The van der Waals surface area contributed by atoms with Crippen LogP contribution in [-0.4, -0.2) is 35.9 Å². The standard InChI is InChI=1S/C4H6N2.C2H9B3/c1-2-5-4-6-3-1;3-1-5-2-4/h1-2,4H,3H2,(H,5,6);5H,1-4H2. The highest BCUT2D eigenvalue weighted by molar-refractivity contribution is 6.54. The smallest absolute Gasteiger partial charge is 0.104 e. The number of aliphatic imine (C=N–C) groups is 1. The van der Waals surface area contributed by atoms with Gasteiger partial charge < -0.3 is 5.32 Å². The Bertz CT molecular complexity index is 111. The molecule has 0 radical (unpaired) electrons. The van der Waals surface area contributed by atoms with E-state index in [1.165, 1.54) is 19.7 Å². The molecular weight excluding hydrogens is 133 g/mol. The monoisotopic (exact) mass is 148 g/mol. The van der Waals surface area contributed by atoms with Crippen LogP contribution in [0.5, 0.6) is 0 Å². The molecular formula is C6H15B3N2. The minimum absolute atomic E-state index is 0.920. The normalized spacial score (nSPS) is 12.7. The molecule has 0 aliphatic carbocycles. The zero-order valence-electron chi connectivity index (χ0n) is 7.51. The van der Waals surface area contributed by atoms with Gasteiger partial charge >= 0.3 is 0 Å². The summed E-state index contributed by atoms with van der Waals surface area (Å²) in [6.45, 7) is 0.920. The van der Waals surface area contributed by atoms with Gasteiger partial charge in [0.25, 0.3) is 0 Å². The fraction of sp³-hybridized carbons (Fsp3) is 0.500. The lowest BCUT2D eigenvalue weighted by Gasteiger charge is -1.93. The van der Waals surface area contributed by atoms with Gasteiger partial charge in [0.2, 0.25) is 0 Å². The van der Waals surface area contributed by atoms with Crippen LogP contribution in [-0.2, 0) is 0 Å². The second kappa shape index (κ2) is 9.40. The summed E-state index contributed by atoms with van der Waals surface area (Å²) in [5.41, 5.74) is 0. The summed E-state index contributed by atoms with van der Waals surface area (Å²) in [6, 6.07) is 0. The lowest BCUT2D eigenvalue weighted by Crippen LogP contribution is -2.11. The summed E-state index contributed by atoms with van der Waals surface area (Å²) in [6.07, 6.45) is 8.10. The maximum absolute atomic E-state index is 3.76. The first-order valence-electron chi connectivity index (χ1n) is 4.31. The number of rotatable bonds is 2. The number of hydrogen-bond acceptors (Lipinski definition) is 2. The molecule has 2 nitrogen and oxygen atoms in total. The van der Waals surface area contributed by atoms with Gasteiger partial charge in [0.05, 0.1) is 22.0 Å². The maximum atomic E-state index is 3.76. The van der Waals surface area contributed by atoms with Crippen LogP contribution in [0.2, 0.25) is 12.4 Å². The van der Waals surface area contributed by atoms with Crippen molar-refractivity contribution in [2.45, 2.75) is 12.4 Å². The van der Waals surface area contributed by atoms with Gasteiger partial charge in [0.1, 0.15) is 7.28 Å². The summed E-state index contributed by atoms with van der Waals surface area (Å²) in [4.78, 5) is 3.76. The number of hydrogen-bond donors (Lipinski definition) is 1. The molecule has 58 valence electrons. The Morgan fingerprint density at radius 2 is 2.18 bits per heavy atom. The lowest BCUT2D eigenvalue weighted by molar-refractivity contribution is 1.04. The minimum atomic E-state index is 0.920. The molecule has 5 heteroatoms. The molecule has 0 bridgehead atoms. The van der Waals surface area contributed by atoms with Crippen molar-refractivity contribution in [2.75, 3.05) is 6.54 Å². The topological polar surface area (TPSA) is 24.4 Å². The lowest BCUT2D eigenvalue weighted by atomic mass is 9.58. The Morgan fingerprint density at radius 3 is 2.27 bits per heavy atom. The van der Waals surface area contributed by atoms with E-state index in [1.54, 1.807) is 12.5 Å². The van der Waals surface area contributed by atoms with Crippen LogP contribution in [0.15, 0.2) is 17.3 Å². The van der Waals surface area contributed by atoms with Crippen molar-refractivity contribution < 1.29 is 0 Å². The van der Waals surface area contributed by atoms with Crippen LogP contribution < -0.4 is 5.32 Å². The molecule has 0 spiro atoms. The fourth-order valence-corrected chi connectivity index (χ4v) is 0.684. The second-order valence-electron chi connectivity index (χ2n) is 2.42. The summed E-state index contributed by atoms with van der Waals surface area (Å²) in [5.74, 6) is 0. The average Bonchev–Trinajstić information content (AvgIpc) is 2.10. The van der Waals surface area contributed by atoms with Gasteiger partial charge in [-0.15, -0.1) is 12.4 Å². The SMILES string of the molecule is BCBCB.C1=CN=CNC1. The summed E-state index contributed by atoms with van der Waals surface area (Å²) in [7, 11) is 5.81. The van der Waals surface area contributed by atoms with E-state index in [0.717, 1.165) is 6.54 Å². The van der Waals surface area contributed by atoms with Gasteiger partial charge in [-0.25, -0.2) is 4.99 Å². The summed E-state index contributed by atoms with van der Waals surface area (Å²) < 4.78 is 0. The molecule has 1 aliphatic rings. The third kappa shape index (κ3) is 9.40. The Kier molecular flexibility index (Phi) is 8.90. The molecule has 0 saturated heterocycles. The van der Waals surface area contributed by atoms with Gasteiger partial charge in [-0.2, -0.15) is 0 Å². The van der Waals surface area contributed by atoms with Crippen molar-refractivity contribution in [1.29, 1.82) is 0 Å². The summed E-state index contributed by atoms with van der Waals surface area (Å²) in [5, 5.41) is 2.91. The van der Waals surface area contributed by atoms with Crippen molar-refractivity contribution in [3.63, 3.8) is 0 Å². The highest BCUT2D eigenvalue weighted by Crippen LogP contribution is 1.74. The van der Waals surface area contributed by atoms with E-state index >= 15 is 0 Å². The number of nitrogens with one attached hydrogen (secondary N) is 1. The molecule has 0 unspecified atom stereocenters. The first kappa shape index (κ1) is 10.4. The van der Waals surface area contributed by atoms with Crippen LogP contribution in [0.4, 0.5) is 0 Å². The van der Waals surface area contributed by atoms with E-state index in [-0.39, 0.29) is 0 Å². The van der Waals surface area contributed by atoms with Crippen molar-refractivity contribution in [1.82, 2.24) is 5.32 Å². The van der Waals surface area contributed by atoms with E-state index < -0.39 is 0 Å². The second-order valence-corrected chi connectivity index (χ2v) is 2.42. The molecule has 1 N–H and O–H groups in total. The van der Waals surface area contributed by atoms with Gasteiger partial charge in [-0.05, 0) is 6.08 Å². The Morgan fingerprint density at radius 1 is 1.45 bits per heavy atom. The zero-order chi connectivity index (χ0) is 8.36. The predicted octanol–water partition coefficient (Wildman–Crippen LogP) is -1.43. The van der Waals surface area contributed by atoms with E-state index in [4.69, 9.17) is 0 Å². The average molecular weight is 148 g/mol. The fourth-order valence-electron chi connectivity index (χ4n) is 0.684. The van der Waals surface area contributed by atoms with Gasteiger partial charge in [0.15, 0.2) is 0 Å². The summed E-state index contributed by atoms with van der Waals surface area (Å²) >= 11 is 0. The van der Waals surface area contributed by atoms with Gasteiger partial charge in [-0.3, -0.25) is 0 Å². The van der Waals surface area contributed by atoms with Crippen LogP contribution in [0.1, 0.15) is 0 Å². The van der Waals surface area contributed by atoms with Crippen LogP contribution in [0.25, 0.3) is 0 Å². The molecule has 0 aromatic heterocycles. The molecule has 11 heavy (non-hydrogen) atoms. The van der Waals surface area contributed by atoms with Crippen molar-refractivity contribution >= 4 is 29.3 Å². The third-order valence-electron chi connectivity index (χ3n) is 1.30. The number of nitrogens with zero attached hydrogens (tertiary/aromatic N) is 1. The van der Waals surface area contributed by atoms with Crippen molar-refractivity contribution in [3.8, 4) is 0 Å². The highest BCUT2D eigenvalue weighted by atomic mass is 14.9. The first-order valence-corrected chi connectivity index (χ1v) is 4.31. The largest absolute Gasteiger partial charge is 0.373 e. The highest BCUT2D eigenvalue weighted by Gasteiger charge is 1.74. The van der Waals surface area contributed by atoms with Crippen molar-refractivity contribution in [3.05, 3.63) is 12.3 Å². The third-order valence-corrected chi connectivity index (χ3v) is 1.30. The molecule has 0 atom stereocenters. The van der Waals surface area contributed by atoms with E-state index in [0.29, 0.717) is 0 Å². The first-order chi connectivity index (χ1) is 5.41. The molecule has 1 rings (SSSR count). The van der Waals surface area contributed by atoms with Gasteiger partial charge in [0, 0.05) is 12.7 Å². The van der Waals surface area contributed by atoms with Crippen LogP contribution >= 0.6 is 0 Å². The molecule has 0 amide bonds. The Balaban J connectivity index is 0.000000187. The molecule has 0 saturated carbocycles. The Labute approximate surface area is 71.6 Å². The van der Waals surface area contributed by atoms with Gasteiger partial charge in [-0.1, -0.05) is 0 Å². The zero-order valence-corrected chi connectivity index (χ0v) is 7.51. The maximum Gasteiger partial charge on any atom is 0.104 e. The van der Waals surface area contributed by atoms with Crippen LogP contribution in [0.3, 0.4) is 0 Å². The molecule has 0 aromatic carbocycles.